The number of benzene rings is 1. The van der Waals surface area contributed by atoms with Gasteiger partial charge in [-0.1, -0.05) is 0 Å². The van der Waals surface area contributed by atoms with Crippen LogP contribution in [0.1, 0.15) is 22.3 Å². The summed E-state index contributed by atoms with van der Waals surface area (Å²) in [6.45, 7) is 3.76. The first kappa shape index (κ1) is 8.65. The van der Waals surface area contributed by atoms with Crippen LogP contribution in [0, 0.1) is 13.8 Å². The fourth-order valence-corrected chi connectivity index (χ4v) is 0.985. The van der Waals surface area contributed by atoms with Gasteiger partial charge >= 0.3 is 0 Å². The van der Waals surface area contributed by atoms with Gasteiger partial charge in [-0.3, -0.25) is 9.59 Å². The molecule has 0 N–H and O–H groups in total. The largest absolute Gasteiger partial charge is 0.285 e. The number of rotatable bonds is 2. The Labute approximate surface area is 71.2 Å². The molecule has 0 spiro atoms. The number of carbonyl (C=O) groups excluding carboxylic acids is 2. The molecule has 0 aliphatic heterocycles. The van der Waals surface area contributed by atoms with Crippen LogP contribution in [0.5, 0.6) is 0 Å². The molecule has 0 heterocycles. The van der Waals surface area contributed by atoms with Crippen molar-refractivity contribution < 1.29 is 9.59 Å². The Morgan fingerprint density at radius 3 is 1.50 bits per heavy atom. The van der Waals surface area contributed by atoms with Gasteiger partial charge in [-0.05, 0) is 37.1 Å². The van der Waals surface area contributed by atoms with E-state index in [1.165, 1.54) is 0 Å². The van der Waals surface area contributed by atoms with E-state index in [-0.39, 0.29) is 11.1 Å². The molecule has 0 saturated carbocycles. The molecule has 0 aliphatic rings. The van der Waals surface area contributed by atoms with Crippen molar-refractivity contribution in [2.45, 2.75) is 13.8 Å². The molecule has 2 nitrogen and oxygen atoms in total. The lowest BCUT2D eigenvalue weighted by Gasteiger charge is -2.01. The fraction of sp³-hybridized carbons (Fsp3) is 0.200. The molecule has 1 rings (SSSR count). The highest BCUT2D eigenvalue weighted by molar-refractivity contribution is 5.91. The first-order chi connectivity index (χ1) is 5.69. The average molecular weight is 160 g/mol. The van der Waals surface area contributed by atoms with E-state index in [0.29, 0.717) is 0 Å². The Morgan fingerprint density at radius 2 is 1.25 bits per heavy atom. The third-order valence-corrected chi connectivity index (χ3v) is 1.85. The number of aryl methyl sites for hydroxylation is 2. The highest BCUT2D eigenvalue weighted by Gasteiger charge is 2.04. The second kappa shape index (κ2) is 3.30. The average Bonchev–Trinajstić information content (AvgIpc) is 2.09. The predicted molar refractivity (Wildman–Crippen MR) is 45.5 cm³/mol. The molecule has 0 aliphatic carbocycles. The summed E-state index contributed by atoms with van der Waals surface area (Å²) >= 11 is 0. The lowest BCUT2D eigenvalue weighted by Crippen LogP contribution is -1.94. The Morgan fingerprint density at radius 1 is 0.917 bits per heavy atom. The van der Waals surface area contributed by atoms with Crippen molar-refractivity contribution in [2.24, 2.45) is 0 Å². The maximum atomic E-state index is 10.3. The van der Waals surface area contributed by atoms with E-state index >= 15 is 0 Å². The molecule has 2 heteroatoms. The molecular formula is C10H8O2. The summed E-state index contributed by atoms with van der Waals surface area (Å²) < 4.78 is 0. The molecule has 0 fully saturated rings. The lowest BCUT2D eigenvalue weighted by atomic mass is 10.0. The molecule has 0 saturated heterocycles. The van der Waals surface area contributed by atoms with Gasteiger partial charge in [0.2, 0.25) is 12.6 Å². The van der Waals surface area contributed by atoms with Crippen LogP contribution in [0.2, 0.25) is 0 Å². The predicted octanol–water partition coefficient (Wildman–Crippen LogP) is 1.22. The van der Waals surface area contributed by atoms with E-state index in [9.17, 15) is 9.59 Å². The third kappa shape index (κ3) is 1.42. The molecule has 12 heavy (non-hydrogen) atoms. The standard InChI is InChI=1S/C10H8O2/c1-7-3-9(5-11)10(6-12)4-8(7)2/h3-4H,1-2H3. The first-order valence-electron chi connectivity index (χ1n) is 3.56. The van der Waals surface area contributed by atoms with Crippen LogP contribution in [-0.2, 0) is 9.59 Å². The van der Waals surface area contributed by atoms with Gasteiger partial charge in [0.25, 0.3) is 0 Å². The zero-order valence-corrected chi connectivity index (χ0v) is 6.97. The van der Waals surface area contributed by atoms with Gasteiger partial charge in [-0.2, -0.15) is 0 Å². The maximum absolute atomic E-state index is 10.3. The Balaban J connectivity index is 3.37. The highest BCUT2D eigenvalue weighted by Crippen LogP contribution is 2.12. The summed E-state index contributed by atoms with van der Waals surface area (Å²) in [5.74, 6) is 0. The SMILES string of the molecule is Cc1cc([C]=O)c([C]=O)cc1C. The summed E-state index contributed by atoms with van der Waals surface area (Å²) in [4.78, 5) is 20.7. The molecule has 0 bridgehead atoms. The number of hydrogen-bond donors (Lipinski definition) is 0. The molecule has 2 radical (unpaired) electrons. The lowest BCUT2D eigenvalue weighted by molar-refractivity contribution is 0.558. The quantitative estimate of drug-likeness (QED) is 0.651. The van der Waals surface area contributed by atoms with Crippen molar-refractivity contribution in [3.63, 3.8) is 0 Å². The molecule has 0 unspecified atom stereocenters. The Hall–Kier alpha value is -1.44. The van der Waals surface area contributed by atoms with Gasteiger partial charge in [0.05, 0.1) is 0 Å². The van der Waals surface area contributed by atoms with Crippen LogP contribution in [0.3, 0.4) is 0 Å². The Bertz CT molecular complexity index is 294. The van der Waals surface area contributed by atoms with Crippen molar-refractivity contribution in [1.29, 1.82) is 0 Å². The van der Waals surface area contributed by atoms with Gasteiger partial charge in [0, 0.05) is 11.1 Å². The van der Waals surface area contributed by atoms with Gasteiger partial charge in [0.1, 0.15) is 0 Å². The van der Waals surface area contributed by atoms with Crippen molar-refractivity contribution in [3.8, 4) is 0 Å². The van der Waals surface area contributed by atoms with Crippen LogP contribution in [0.25, 0.3) is 0 Å². The van der Waals surface area contributed by atoms with Crippen LogP contribution >= 0.6 is 0 Å². The van der Waals surface area contributed by atoms with Gasteiger partial charge in [-0.15, -0.1) is 0 Å². The van der Waals surface area contributed by atoms with E-state index in [2.05, 4.69) is 0 Å². The normalized spacial score (nSPS) is 9.50. The third-order valence-electron chi connectivity index (χ3n) is 1.85. The van der Waals surface area contributed by atoms with Crippen molar-refractivity contribution >= 4 is 12.6 Å². The summed E-state index contributed by atoms with van der Waals surface area (Å²) in [6.07, 6.45) is 3.40. The molecule has 1 aromatic carbocycles. The second-order valence-corrected chi connectivity index (χ2v) is 2.69. The van der Waals surface area contributed by atoms with E-state index < -0.39 is 0 Å². The topological polar surface area (TPSA) is 34.1 Å². The minimum atomic E-state index is 0.285. The van der Waals surface area contributed by atoms with Gasteiger partial charge in [-0.25, -0.2) is 0 Å². The highest BCUT2D eigenvalue weighted by atomic mass is 16.1. The first-order valence-corrected chi connectivity index (χ1v) is 3.56. The monoisotopic (exact) mass is 160 g/mol. The maximum Gasteiger partial charge on any atom is 0.234 e. The van der Waals surface area contributed by atoms with E-state index in [1.807, 2.05) is 13.8 Å². The van der Waals surface area contributed by atoms with Crippen LogP contribution in [0.15, 0.2) is 12.1 Å². The minimum Gasteiger partial charge on any atom is -0.285 e. The zero-order valence-electron chi connectivity index (χ0n) is 6.97. The smallest absolute Gasteiger partial charge is 0.234 e. The summed E-state index contributed by atoms with van der Waals surface area (Å²) in [5.41, 5.74) is 2.53. The van der Waals surface area contributed by atoms with Crippen LogP contribution in [0.4, 0.5) is 0 Å². The molecule has 1 aromatic rings. The molecular weight excluding hydrogens is 152 g/mol. The second-order valence-electron chi connectivity index (χ2n) is 2.69. The van der Waals surface area contributed by atoms with Gasteiger partial charge < -0.3 is 0 Å². The van der Waals surface area contributed by atoms with Crippen LogP contribution < -0.4 is 0 Å². The molecule has 0 aromatic heterocycles. The van der Waals surface area contributed by atoms with Crippen molar-refractivity contribution in [1.82, 2.24) is 0 Å². The van der Waals surface area contributed by atoms with Crippen LogP contribution in [-0.4, -0.2) is 12.6 Å². The molecule has 0 atom stereocenters. The Kier molecular flexibility index (Phi) is 2.38. The zero-order chi connectivity index (χ0) is 9.14. The van der Waals surface area contributed by atoms with Crippen molar-refractivity contribution in [3.05, 3.63) is 34.4 Å². The molecule has 60 valence electrons. The van der Waals surface area contributed by atoms with E-state index in [0.717, 1.165) is 11.1 Å². The summed E-state index contributed by atoms with van der Waals surface area (Å²) in [7, 11) is 0. The summed E-state index contributed by atoms with van der Waals surface area (Å²) in [6, 6.07) is 3.28. The number of hydrogen-bond acceptors (Lipinski definition) is 2. The molecule has 0 amide bonds. The van der Waals surface area contributed by atoms with E-state index in [1.54, 1.807) is 24.7 Å². The summed E-state index contributed by atoms with van der Waals surface area (Å²) in [5, 5.41) is 0. The van der Waals surface area contributed by atoms with E-state index in [4.69, 9.17) is 0 Å². The van der Waals surface area contributed by atoms with Gasteiger partial charge in [0.15, 0.2) is 0 Å². The fourth-order valence-electron chi connectivity index (χ4n) is 0.985. The minimum absolute atomic E-state index is 0.285. The van der Waals surface area contributed by atoms with Crippen molar-refractivity contribution in [2.75, 3.05) is 0 Å².